The van der Waals surface area contributed by atoms with E-state index in [1.54, 1.807) is 0 Å². The van der Waals surface area contributed by atoms with Gasteiger partial charge in [-0.1, -0.05) is 66.2 Å². The van der Waals surface area contributed by atoms with E-state index in [-0.39, 0.29) is 12.2 Å². The van der Waals surface area contributed by atoms with Gasteiger partial charge in [0.05, 0.1) is 13.2 Å². The highest BCUT2D eigenvalue weighted by molar-refractivity contribution is 5.60. The van der Waals surface area contributed by atoms with Crippen LogP contribution < -0.4 is 0 Å². The van der Waals surface area contributed by atoms with Crippen LogP contribution in [0.3, 0.4) is 0 Å². The highest BCUT2D eigenvalue weighted by atomic mass is 16.7. The summed E-state index contributed by atoms with van der Waals surface area (Å²) in [7, 11) is 0. The van der Waals surface area contributed by atoms with Gasteiger partial charge in [-0.25, -0.2) is 9.59 Å². The summed E-state index contributed by atoms with van der Waals surface area (Å²) in [5.74, 6) is 1.44. The lowest BCUT2D eigenvalue weighted by Crippen LogP contribution is -2.32. The summed E-state index contributed by atoms with van der Waals surface area (Å²) in [6.07, 6.45) is 11.1. The zero-order valence-corrected chi connectivity index (χ0v) is 20.4. The van der Waals surface area contributed by atoms with Gasteiger partial charge < -0.3 is 18.9 Å². The van der Waals surface area contributed by atoms with E-state index in [0.29, 0.717) is 25.6 Å². The fourth-order valence-electron chi connectivity index (χ4n) is 3.81. The van der Waals surface area contributed by atoms with Crippen molar-refractivity contribution < 1.29 is 28.5 Å². The molecule has 182 valence electrons. The summed E-state index contributed by atoms with van der Waals surface area (Å²) in [5, 5.41) is 0. The van der Waals surface area contributed by atoms with Crippen LogP contribution in [-0.2, 0) is 18.9 Å². The zero-order valence-electron chi connectivity index (χ0n) is 20.4. The van der Waals surface area contributed by atoms with Gasteiger partial charge in [-0.2, -0.15) is 0 Å². The minimum absolute atomic E-state index is 0.263. The van der Waals surface area contributed by atoms with Crippen LogP contribution in [0.1, 0.15) is 111 Å². The quantitative estimate of drug-likeness (QED) is 0.194. The molecular formula is C25H46O6. The minimum atomic E-state index is -0.619. The minimum Gasteiger partial charge on any atom is -0.434 e. The lowest BCUT2D eigenvalue weighted by atomic mass is 9.95. The third-order valence-electron chi connectivity index (χ3n) is 5.65. The molecule has 0 aromatic rings. The summed E-state index contributed by atoms with van der Waals surface area (Å²) in [5.41, 5.74) is 0. The largest absolute Gasteiger partial charge is 0.508 e. The summed E-state index contributed by atoms with van der Waals surface area (Å²) in [6, 6.07) is 0. The fraction of sp³-hybridized carbons (Fsp3) is 0.920. The lowest BCUT2D eigenvalue weighted by Gasteiger charge is -2.28. The van der Waals surface area contributed by atoms with E-state index in [2.05, 4.69) is 27.7 Å². The van der Waals surface area contributed by atoms with Crippen molar-refractivity contribution >= 4 is 12.3 Å². The number of unbranched alkanes of at least 4 members (excludes halogenated alkanes) is 5. The Morgan fingerprint density at radius 1 is 0.677 bits per heavy atom. The van der Waals surface area contributed by atoms with Crippen LogP contribution in [0.4, 0.5) is 9.59 Å². The Labute approximate surface area is 189 Å². The maximum absolute atomic E-state index is 11.9. The van der Waals surface area contributed by atoms with Gasteiger partial charge in [0.15, 0.2) is 0 Å². The van der Waals surface area contributed by atoms with Gasteiger partial charge in [0.25, 0.3) is 0 Å². The Bertz CT molecular complexity index is 477. The summed E-state index contributed by atoms with van der Waals surface area (Å²) in [4.78, 5) is 23.8. The van der Waals surface area contributed by atoms with Crippen LogP contribution in [0.15, 0.2) is 0 Å². The summed E-state index contributed by atoms with van der Waals surface area (Å²) >= 11 is 0. The molecule has 0 saturated heterocycles. The van der Waals surface area contributed by atoms with Gasteiger partial charge in [-0.15, -0.1) is 0 Å². The second-order valence-corrected chi connectivity index (χ2v) is 9.68. The highest BCUT2D eigenvalue weighted by Crippen LogP contribution is 2.24. The Kier molecular flexibility index (Phi) is 15.2. The van der Waals surface area contributed by atoms with E-state index in [1.807, 2.05) is 0 Å². The first-order valence-electron chi connectivity index (χ1n) is 12.5. The molecule has 0 amide bonds. The van der Waals surface area contributed by atoms with Crippen molar-refractivity contribution in [3.63, 3.8) is 0 Å². The Morgan fingerprint density at radius 2 is 1.10 bits per heavy atom. The molecule has 1 saturated carbocycles. The normalized spacial score (nSPS) is 18.8. The number of hydrogen-bond acceptors (Lipinski definition) is 6. The number of hydrogen-bond donors (Lipinski definition) is 0. The van der Waals surface area contributed by atoms with Crippen molar-refractivity contribution in [1.29, 1.82) is 0 Å². The smallest absolute Gasteiger partial charge is 0.434 e. The predicted octanol–water partition coefficient (Wildman–Crippen LogP) is 7.43. The van der Waals surface area contributed by atoms with Crippen molar-refractivity contribution in [2.75, 3.05) is 13.2 Å². The molecule has 1 aliphatic carbocycles. The number of ether oxygens (including phenoxy) is 4. The second-order valence-electron chi connectivity index (χ2n) is 9.68. The van der Waals surface area contributed by atoms with Gasteiger partial charge in [-0.3, -0.25) is 0 Å². The van der Waals surface area contributed by atoms with Crippen molar-refractivity contribution in [1.82, 2.24) is 0 Å². The van der Waals surface area contributed by atoms with Crippen LogP contribution in [0.25, 0.3) is 0 Å². The van der Waals surface area contributed by atoms with Crippen LogP contribution in [0.2, 0.25) is 0 Å². The van der Waals surface area contributed by atoms with Gasteiger partial charge in [0.2, 0.25) is 0 Å². The van der Waals surface area contributed by atoms with E-state index < -0.39 is 12.3 Å². The summed E-state index contributed by atoms with van der Waals surface area (Å²) < 4.78 is 21.2. The molecule has 0 radical (unpaired) electrons. The van der Waals surface area contributed by atoms with Crippen molar-refractivity contribution in [2.45, 2.75) is 123 Å². The molecule has 0 bridgehead atoms. The van der Waals surface area contributed by atoms with Crippen molar-refractivity contribution in [2.24, 2.45) is 11.8 Å². The molecule has 1 rings (SSSR count). The van der Waals surface area contributed by atoms with Crippen LogP contribution in [-0.4, -0.2) is 37.7 Å². The van der Waals surface area contributed by atoms with Crippen LogP contribution in [0, 0.1) is 11.8 Å². The first-order valence-corrected chi connectivity index (χ1v) is 12.5. The van der Waals surface area contributed by atoms with E-state index in [1.165, 1.54) is 25.7 Å². The molecule has 31 heavy (non-hydrogen) atoms. The Hall–Kier alpha value is -1.46. The zero-order chi connectivity index (χ0) is 22.9. The van der Waals surface area contributed by atoms with Gasteiger partial charge in [-0.05, 0) is 50.4 Å². The first kappa shape index (κ1) is 27.6. The second kappa shape index (κ2) is 17.1. The third-order valence-corrected chi connectivity index (χ3v) is 5.65. The Morgan fingerprint density at radius 3 is 1.61 bits per heavy atom. The maximum Gasteiger partial charge on any atom is 0.508 e. The monoisotopic (exact) mass is 442 g/mol. The van der Waals surface area contributed by atoms with Crippen molar-refractivity contribution in [3.05, 3.63) is 0 Å². The molecule has 0 N–H and O–H groups in total. The first-order chi connectivity index (χ1) is 14.9. The predicted molar refractivity (Wildman–Crippen MR) is 122 cm³/mol. The molecule has 2 unspecified atom stereocenters. The van der Waals surface area contributed by atoms with Crippen LogP contribution in [0.5, 0.6) is 0 Å². The molecule has 2 atom stereocenters. The molecule has 1 fully saturated rings. The molecule has 0 aliphatic heterocycles. The third kappa shape index (κ3) is 15.9. The van der Waals surface area contributed by atoms with Crippen LogP contribution >= 0.6 is 0 Å². The molecule has 1 aliphatic rings. The van der Waals surface area contributed by atoms with Gasteiger partial charge in [0, 0.05) is 6.42 Å². The molecule has 0 aromatic carbocycles. The maximum atomic E-state index is 11.9. The van der Waals surface area contributed by atoms with Gasteiger partial charge >= 0.3 is 12.3 Å². The lowest BCUT2D eigenvalue weighted by molar-refractivity contribution is -0.0350. The standard InChI is InChI=1S/C25H46O6/c1-20(2)13-8-6-5-7-10-17-28-24(26)30-22-15-12-16-23(19-22)31-25(27)29-18-11-9-14-21(3)4/h20-23H,5-19H2,1-4H3. The molecule has 6 nitrogen and oxygen atoms in total. The Balaban J connectivity index is 2.07. The van der Waals surface area contributed by atoms with E-state index in [4.69, 9.17) is 18.9 Å². The molecular weight excluding hydrogens is 396 g/mol. The van der Waals surface area contributed by atoms with E-state index in [9.17, 15) is 9.59 Å². The number of rotatable bonds is 15. The average molecular weight is 443 g/mol. The molecule has 6 heteroatoms. The van der Waals surface area contributed by atoms with Gasteiger partial charge in [0.1, 0.15) is 12.2 Å². The SMILES string of the molecule is CC(C)CCCCCCCOC(=O)OC1CCCC(OC(=O)OCCCCC(C)C)C1. The summed E-state index contributed by atoms with van der Waals surface area (Å²) in [6.45, 7) is 9.66. The number of carbonyl (C=O) groups excluding carboxylic acids is 2. The molecule has 0 aromatic heterocycles. The average Bonchev–Trinajstić information content (AvgIpc) is 2.69. The molecule has 0 spiro atoms. The van der Waals surface area contributed by atoms with Crippen molar-refractivity contribution in [3.8, 4) is 0 Å². The topological polar surface area (TPSA) is 71.1 Å². The fourth-order valence-corrected chi connectivity index (χ4v) is 3.81. The van der Waals surface area contributed by atoms with E-state index >= 15 is 0 Å². The number of carbonyl (C=O) groups is 2. The highest BCUT2D eigenvalue weighted by Gasteiger charge is 2.28. The molecule has 0 heterocycles. The van der Waals surface area contributed by atoms with E-state index in [0.717, 1.165) is 57.3 Å².